The van der Waals surface area contributed by atoms with Gasteiger partial charge in [0.15, 0.2) is 18.1 Å². The maximum atomic E-state index is 12.2. The summed E-state index contributed by atoms with van der Waals surface area (Å²) in [6, 6.07) is 6.90. The lowest BCUT2D eigenvalue weighted by molar-refractivity contribution is -0.153. The first-order valence-corrected chi connectivity index (χ1v) is 7.44. The maximum absolute atomic E-state index is 12.2. The van der Waals surface area contributed by atoms with Crippen LogP contribution in [0, 0.1) is 0 Å². The van der Waals surface area contributed by atoms with Crippen molar-refractivity contribution in [2.75, 3.05) is 13.7 Å². The minimum atomic E-state index is -4.38. The lowest BCUT2D eigenvalue weighted by Crippen LogP contribution is -2.30. The van der Waals surface area contributed by atoms with Crippen LogP contribution in [0.1, 0.15) is 12.5 Å². The summed E-state index contributed by atoms with van der Waals surface area (Å²) in [5.74, 6) is 0.349. The molecule has 1 N–H and O–H groups in total. The van der Waals surface area contributed by atoms with Gasteiger partial charge in [-0.3, -0.25) is 4.68 Å². The molecule has 1 atom stereocenters. The fourth-order valence-electron chi connectivity index (χ4n) is 2.15. The molecule has 8 heteroatoms. The fourth-order valence-corrected chi connectivity index (χ4v) is 2.15. The molecule has 2 aromatic rings. The van der Waals surface area contributed by atoms with E-state index in [0.29, 0.717) is 6.54 Å². The summed E-state index contributed by atoms with van der Waals surface area (Å²) in [5.41, 5.74) is 0.888. The van der Waals surface area contributed by atoms with Gasteiger partial charge in [0.25, 0.3) is 0 Å². The van der Waals surface area contributed by atoms with E-state index in [1.807, 2.05) is 23.9 Å². The predicted octanol–water partition coefficient (Wildman–Crippen LogP) is 3.01. The average Bonchev–Trinajstić information content (AvgIpc) is 3.03. The zero-order valence-corrected chi connectivity index (χ0v) is 13.5. The van der Waals surface area contributed by atoms with Gasteiger partial charge in [0, 0.05) is 25.0 Å². The molecule has 0 saturated carbocycles. The largest absolute Gasteiger partial charge is 0.493 e. The molecule has 5 nitrogen and oxygen atoms in total. The van der Waals surface area contributed by atoms with Crippen LogP contribution in [0.2, 0.25) is 0 Å². The van der Waals surface area contributed by atoms with Crippen molar-refractivity contribution < 1.29 is 22.6 Å². The molecule has 1 unspecified atom stereocenters. The second kappa shape index (κ2) is 8.05. The third-order valence-corrected chi connectivity index (χ3v) is 3.29. The highest BCUT2D eigenvalue weighted by Gasteiger charge is 2.29. The van der Waals surface area contributed by atoms with Crippen LogP contribution in [-0.4, -0.2) is 35.7 Å². The Bertz CT molecular complexity index is 630. The molecule has 24 heavy (non-hydrogen) atoms. The molecule has 0 amide bonds. The molecule has 0 aliphatic rings. The number of rotatable bonds is 8. The van der Waals surface area contributed by atoms with Gasteiger partial charge in [-0.25, -0.2) is 0 Å². The number of hydrogen-bond acceptors (Lipinski definition) is 4. The van der Waals surface area contributed by atoms with Crippen LogP contribution in [0.5, 0.6) is 11.5 Å². The number of benzene rings is 1. The highest BCUT2D eigenvalue weighted by Crippen LogP contribution is 2.29. The number of aromatic nitrogens is 2. The van der Waals surface area contributed by atoms with Gasteiger partial charge in [-0.15, -0.1) is 0 Å². The van der Waals surface area contributed by atoms with E-state index < -0.39 is 12.8 Å². The minimum absolute atomic E-state index is 0.0724. The van der Waals surface area contributed by atoms with Gasteiger partial charge in [-0.2, -0.15) is 18.3 Å². The van der Waals surface area contributed by atoms with Gasteiger partial charge < -0.3 is 14.8 Å². The molecule has 0 spiro atoms. The summed E-state index contributed by atoms with van der Waals surface area (Å²) in [7, 11) is 1.40. The van der Waals surface area contributed by atoms with Crippen molar-refractivity contribution in [1.82, 2.24) is 15.1 Å². The maximum Gasteiger partial charge on any atom is 0.422 e. The van der Waals surface area contributed by atoms with Crippen LogP contribution in [-0.2, 0) is 13.1 Å². The van der Waals surface area contributed by atoms with Crippen molar-refractivity contribution in [3.05, 3.63) is 42.2 Å². The van der Waals surface area contributed by atoms with Crippen LogP contribution >= 0.6 is 0 Å². The number of hydrogen-bond donors (Lipinski definition) is 1. The van der Waals surface area contributed by atoms with Crippen LogP contribution in [0.3, 0.4) is 0 Å². The Kier molecular flexibility index (Phi) is 6.08. The van der Waals surface area contributed by atoms with E-state index in [1.165, 1.54) is 13.2 Å². The topological polar surface area (TPSA) is 48.3 Å². The summed E-state index contributed by atoms with van der Waals surface area (Å²) < 4.78 is 48.4. The second-order valence-electron chi connectivity index (χ2n) is 5.40. The molecule has 2 rings (SSSR count). The molecule has 0 fully saturated rings. The first-order chi connectivity index (χ1) is 11.4. The van der Waals surface area contributed by atoms with Gasteiger partial charge in [0.2, 0.25) is 0 Å². The molecule has 1 heterocycles. The monoisotopic (exact) mass is 343 g/mol. The Morgan fingerprint density at radius 2 is 2.08 bits per heavy atom. The summed E-state index contributed by atoms with van der Waals surface area (Å²) in [6.45, 7) is 1.96. The van der Waals surface area contributed by atoms with E-state index in [1.54, 1.807) is 18.3 Å². The number of halogens is 3. The van der Waals surface area contributed by atoms with Gasteiger partial charge in [-0.05, 0) is 30.7 Å². The van der Waals surface area contributed by atoms with E-state index in [4.69, 9.17) is 9.47 Å². The van der Waals surface area contributed by atoms with Crippen molar-refractivity contribution in [3.8, 4) is 11.5 Å². The standard InChI is InChI=1S/C16H20F3N3O2/c1-12(10-22-7-3-6-21-22)20-9-13-4-5-14(15(8-13)23-2)24-11-16(17,18)19/h3-8,12,20H,9-11H2,1-2H3. The molecular formula is C16H20F3N3O2. The first-order valence-electron chi connectivity index (χ1n) is 7.44. The molecule has 1 aromatic heterocycles. The van der Waals surface area contributed by atoms with Gasteiger partial charge in [0.1, 0.15) is 0 Å². The number of nitrogens with zero attached hydrogens (tertiary/aromatic N) is 2. The summed E-state index contributed by atoms with van der Waals surface area (Å²) in [4.78, 5) is 0. The third-order valence-electron chi connectivity index (χ3n) is 3.29. The Morgan fingerprint density at radius 1 is 1.29 bits per heavy atom. The number of alkyl halides is 3. The molecule has 0 saturated heterocycles. The van der Waals surface area contributed by atoms with Crippen LogP contribution in [0.25, 0.3) is 0 Å². The second-order valence-corrected chi connectivity index (χ2v) is 5.40. The minimum Gasteiger partial charge on any atom is -0.493 e. The van der Waals surface area contributed by atoms with Crippen molar-refractivity contribution >= 4 is 0 Å². The molecule has 0 aliphatic heterocycles. The van der Waals surface area contributed by atoms with Crippen molar-refractivity contribution in [1.29, 1.82) is 0 Å². The molecule has 0 radical (unpaired) electrons. The van der Waals surface area contributed by atoms with Crippen molar-refractivity contribution in [2.45, 2.75) is 32.2 Å². The van der Waals surface area contributed by atoms with Crippen LogP contribution in [0.4, 0.5) is 13.2 Å². The Hall–Kier alpha value is -2.22. The van der Waals surface area contributed by atoms with E-state index >= 15 is 0 Å². The summed E-state index contributed by atoms with van der Waals surface area (Å²) >= 11 is 0. The van der Waals surface area contributed by atoms with Crippen molar-refractivity contribution in [2.24, 2.45) is 0 Å². The average molecular weight is 343 g/mol. The van der Waals surface area contributed by atoms with Gasteiger partial charge in [0.05, 0.1) is 13.7 Å². The molecule has 1 aromatic carbocycles. The van der Waals surface area contributed by atoms with Crippen LogP contribution in [0.15, 0.2) is 36.7 Å². The van der Waals surface area contributed by atoms with E-state index in [-0.39, 0.29) is 17.5 Å². The number of methoxy groups -OCH3 is 1. The highest BCUT2D eigenvalue weighted by atomic mass is 19.4. The number of nitrogens with one attached hydrogen (secondary N) is 1. The Balaban J connectivity index is 1.91. The first kappa shape index (κ1) is 18.1. The normalized spacial score (nSPS) is 12.9. The van der Waals surface area contributed by atoms with Crippen molar-refractivity contribution in [3.63, 3.8) is 0 Å². The lowest BCUT2D eigenvalue weighted by atomic mass is 10.2. The Labute approximate surface area is 138 Å². The van der Waals surface area contributed by atoms with Crippen LogP contribution < -0.4 is 14.8 Å². The molecular weight excluding hydrogens is 323 g/mol. The molecule has 0 bridgehead atoms. The Morgan fingerprint density at radius 3 is 2.71 bits per heavy atom. The SMILES string of the molecule is COc1cc(CNC(C)Cn2cccn2)ccc1OCC(F)(F)F. The fraction of sp³-hybridized carbons (Fsp3) is 0.438. The third kappa shape index (κ3) is 5.77. The van der Waals surface area contributed by atoms with E-state index in [0.717, 1.165) is 12.1 Å². The van der Waals surface area contributed by atoms with E-state index in [9.17, 15) is 13.2 Å². The van der Waals surface area contributed by atoms with Gasteiger partial charge >= 0.3 is 6.18 Å². The van der Waals surface area contributed by atoms with Gasteiger partial charge in [-0.1, -0.05) is 6.07 Å². The molecule has 132 valence electrons. The van der Waals surface area contributed by atoms with E-state index in [2.05, 4.69) is 10.4 Å². The zero-order valence-electron chi connectivity index (χ0n) is 13.5. The summed E-state index contributed by atoms with van der Waals surface area (Å²) in [5, 5.41) is 7.47. The quantitative estimate of drug-likeness (QED) is 0.800. The summed E-state index contributed by atoms with van der Waals surface area (Å²) in [6.07, 6.45) is -0.779. The zero-order chi connectivity index (χ0) is 17.6. The smallest absolute Gasteiger partial charge is 0.422 e. The highest BCUT2D eigenvalue weighted by molar-refractivity contribution is 5.43. The predicted molar refractivity (Wildman–Crippen MR) is 83.1 cm³/mol. The lowest BCUT2D eigenvalue weighted by Gasteiger charge is -2.16. The molecule has 0 aliphatic carbocycles. The number of ether oxygens (including phenoxy) is 2.